The summed E-state index contributed by atoms with van der Waals surface area (Å²) in [5.74, 6) is 0.0685. The van der Waals surface area contributed by atoms with Crippen molar-refractivity contribution in [3.05, 3.63) is 52.1 Å². The first-order valence-electron chi connectivity index (χ1n) is 8.05. The third-order valence-corrected chi connectivity index (χ3v) is 5.04. The van der Waals surface area contributed by atoms with Gasteiger partial charge >= 0.3 is 6.61 Å². The van der Waals surface area contributed by atoms with E-state index < -0.39 is 6.61 Å². The zero-order valence-corrected chi connectivity index (χ0v) is 16.6. The molecule has 6 nitrogen and oxygen atoms in total. The molecule has 0 aliphatic heterocycles. The third kappa shape index (κ3) is 5.46. The summed E-state index contributed by atoms with van der Waals surface area (Å²) in [6, 6.07) is 7.85. The number of fused-ring (bicyclic) bond motifs is 1. The molecule has 0 bridgehead atoms. The standard InChI is InChI=1S/C17H14Cl2F2N4O2S/c18-11-7-13(19)15-23-24-17(25(15)8-11)28-9-14(26)22-6-5-10-1-3-12(4-2-10)27-16(20)21/h1-4,7-8,16H,5-6,9H2,(H,22,26). The Morgan fingerprint density at radius 1 is 1.25 bits per heavy atom. The summed E-state index contributed by atoms with van der Waals surface area (Å²) in [6.45, 7) is -2.44. The van der Waals surface area contributed by atoms with E-state index in [-0.39, 0.29) is 17.4 Å². The van der Waals surface area contributed by atoms with Crippen molar-refractivity contribution in [2.45, 2.75) is 18.2 Å². The first-order chi connectivity index (χ1) is 13.4. The largest absolute Gasteiger partial charge is 0.435 e. The lowest BCUT2D eigenvalue weighted by Crippen LogP contribution is -2.27. The number of benzene rings is 1. The van der Waals surface area contributed by atoms with Gasteiger partial charge in [0.2, 0.25) is 5.91 Å². The van der Waals surface area contributed by atoms with E-state index >= 15 is 0 Å². The van der Waals surface area contributed by atoms with Crippen LogP contribution >= 0.6 is 35.0 Å². The Morgan fingerprint density at radius 2 is 2.00 bits per heavy atom. The van der Waals surface area contributed by atoms with Gasteiger partial charge in [0.1, 0.15) is 5.75 Å². The number of thioether (sulfide) groups is 1. The number of amides is 1. The topological polar surface area (TPSA) is 68.5 Å². The molecule has 3 rings (SSSR count). The molecular formula is C17H14Cl2F2N4O2S. The number of carbonyl (C=O) groups is 1. The van der Waals surface area contributed by atoms with E-state index in [1.54, 1.807) is 28.8 Å². The number of pyridine rings is 1. The molecule has 0 aliphatic rings. The molecular weight excluding hydrogens is 433 g/mol. The van der Waals surface area contributed by atoms with Crippen LogP contribution in [0.25, 0.3) is 5.65 Å². The summed E-state index contributed by atoms with van der Waals surface area (Å²) in [4.78, 5) is 12.0. The van der Waals surface area contributed by atoms with Gasteiger partial charge in [0, 0.05) is 12.7 Å². The summed E-state index contributed by atoms with van der Waals surface area (Å²) in [6.07, 6.45) is 2.19. The summed E-state index contributed by atoms with van der Waals surface area (Å²) in [5.41, 5.74) is 1.36. The molecule has 28 heavy (non-hydrogen) atoms. The second-order valence-electron chi connectivity index (χ2n) is 5.59. The Morgan fingerprint density at radius 3 is 2.71 bits per heavy atom. The van der Waals surface area contributed by atoms with E-state index in [1.165, 1.54) is 23.9 Å². The molecule has 1 aromatic carbocycles. The van der Waals surface area contributed by atoms with Gasteiger partial charge in [0.15, 0.2) is 10.8 Å². The maximum Gasteiger partial charge on any atom is 0.387 e. The fraction of sp³-hybridized carbons (Fsp3) is 0.235. The highest BCUT2D eigenvalue weighted by Crippen LogP contribution is 2.25. The maximum absolute atomic E-state index is 12.1. The summed E-state index contributed by atoms with van der Waals surface area (Å²) in [7, 11) is 0. The van der Waals surface area contributed by atoms with Crippen molar-refractivity contribution < 1.29 is 18.3 Å². The number of nitrogens with zero attached hydrogens (tertiary/aromatic N) is 3. The Bertz CT molecular complexity index is 970. The van der Waals surface area contributed by atoms with E-state index in [1.807, 2.05) is 0 Å². The van der Waals surface area contributed by atoms with E-state index in [2.05, 4.69) is 20.3 Å². The Labute approximate surface area is 173 Å². The van der Waals surface area contributed by atoms with E-state index in [4.69, 9.17) is 23.2 Å². The molecule has 0 unspecified atom stereocenters. The van der Waals surface area contributed by atoms with Crippen molar-refractivity contribution in [2.75, 3.05) is 12.3 Å². The predicted molar refractivity (Wildman–Crippen MR) is 104 cm³/mol. The second-order valence-corrected chi connectivity index (χ2v) is 7.38. The molecule has 0 radical (unpaired) electrons. The van der Waals surface area contributed by atoms with Crippen LogP contribution in [0.4, 0.5) is 8.78 Å². The monoisotopic (exact) mass is 446 g/mol. The van der Waals surface area contributed by atoms with Gasteiger partial charge in [-0.05, 0) is 30.2 Å². The Hall–Kier alpha value is -2.10. The zero-order valence-electron chi connectivity index (χ0n) is 14.2. The molecule has 3 aromatic rings. The molecule has 0 spiro atoms. The average Bonchev–Trinajstić information content (AvgIpc) is 3.04. The predicted octanol–water partition coefficient (Wildman–Crippen LogP) is 4.09. The number of alkyl halides is 2. The molecule has 0 atom stereocenters. The van der Waals surface area contributed by atoms with Crippen molar-refractivity contribution in [1.82, 2.24) is 19.9 Å². The van der Waals surface area contributed by atoms with Crippen LogP contribution in [0, 0.1) is 0 Å². The number of nitrogens with one attached hydrogen (secondary N) is 1. The minimum Gasteiger partial charge on any atom is -0.435 e. The van der Waals surface area contributed by atoms with Crippen molar-refractivity contribution in [1.29, 1.82) is 0 Å². The van der Waals surface area contributed by atoms with Crippen molar-refractivity contribution in [3.8, 4) is 5.75 Å². The number of carbonyl (C=O) groups excluding carboxylic acids is 1. The van der Waals surface area contributed by atoms with Gasteiger partial charge < -0.3 is 10.1 Å². The van der Waals surface area contributed by atoms with Gasteiger partial charge in [-0.25, -0.2) is 0 Å². The van der Waals surface area contributed by atoms with E-state index in [0.717, 1.165) is 5.56 Å². The number of ether oxygens (including phenoxy) is 1. The van der Waals surface area contributed by atoms with Crippen LogP contribution in [0.15, 0.2) is 41.7 Å². The maximum atomic E-state index is 12.1. The van der Waals surface area contributed by atoms with Crippen LogP contribution < -0.4 is 10.1 Å². The van der Waals surface area contributed by atoms with Crippen LogP contribution in [0.5, 0.6) is 5.75 Å². The van der Waals surface area contributed by atoms with Crippen molar-refractivity contribution in [2.24, 2.45) is 0 Å². The van der Waals surface area contributed by atoms with Gasteiger partial charge in [0.25, 0.3) is 0 Å². The average molecular weight is 447 g/mol. The van der Waals surface area contributed by atoms with E-state index in [9.17, 15) is 13.6 Å². The van der Waals surface area contributed by atoms with Crippen LogP contribution in [0.1, 0.15) is 5.56 Å². The molecule has 2 heterocycles. The number of rotatable bonds is 8. The van der Waals surface area contributed by atoms with Crippen molar-refractivity contribution in [3.63, 3.8) is 0 Å². The van der Waals surface area contributed by atoms with Crippen molar-refractivity contribution >= 4 is 46.5 Å². The molecule has 148 valence electrons. The molecule has 0 fully saturated rings. The third-order valence-electron chi connectivity index (χ3n) is 3.61. The molecule has 2 aromatic heterocycles. The summed E-state index contributed by atoms with van der Waals surface area (Å²) < 4.78 is 30.2. The highest BCUT2D eigenvalue weighted by molar-refractivity contribution is 7.99. The lowest BCUT2D eigenvalue weighted by Gasteiger charge is -2.07. The quantitative estimate of drug-likeness (QED) is 0.527. The van der Waals surface area contributed by atoms with Gasteiger partial charge in [-0.15, -0.1) is 10.2 Å². The number of hydrogen-bond donors (Lipinski definition) is 1. The summed E-state index contributed by atoms with van der Waals surface area (Å²) in [5, 5.41) is 12.1. The van der Waals surface area contributed by atoms with Crippen LogP contribution in [-0.4, -0.2) is 39.4 Å². The molecule has 0 saturated carbocycles. The SMILES string of the molecule is O=C(CSc1nnc2c(Cl)cc(Cl)cn12)NCCc1ccc(OC(F)F)cc1. The smallest absolute Gasteiger partial charge is 0.387 e. The number of aromatic nitrogens is 3. The lowest BCUT2D eigenvalue weighted by molar-refractivity contribution is -0.118. The fourth-order valence-electron chi connectivity index (χ4n) is 2.37. The van der Waals surface area contributed by atoms with E-state index in [0.29, 0.717) is 33.8 Å². The van der Waals surface area contributed by atoms with Crippen LogP contribution in [0.2, 0.25) is 10.0 Å². The van der Waals surface area contributed by atoms with Gasteiger partial charge in [0.05, 0.1) is 15.8 Å². The first-order valence-corrected chi connectivity index (χ1v) is 9.79. The second kappa shape index (κ2) is 9.40. The molecule has 1 amide bonds. The number of hydrogen-bond acceptors (Lipinski definition) is 5. The summed E-state index contributed by atoms with van der Waals surface area (Å²) >= 11 is 13.2. The fourth-order valence-corrected chi connectivity index (χ4v) is 3.61. The Balaban J connectivity index is 1.46. The highest BCUT2D eigenvalue weighted by Gasteiger charge is 2.12. The minimum absolute atomic E-state index is 0.0972. The van der Waals surface area contributed by atoms with Gasteiger partial charge in [-0.3, -0.25) is 9.20 Å². The van der Waals surface area contributed by atoms with Crippen LogP contribution in [-0.2, 0) is 11.2 Å². The molecule has 0 saturated heterocycles. The number of halogens is 4. The molecule has 1 N–H and O–H groups in total. The normalized spacial score (nSPS) is 11.2. The van der Waals surface area contributed by atoms with Gasteiger partial charge in [-0.1, -0.05) is 47.1 Å². The van der Waals surface area contributed by atoms with Crippen LogP contribution in [0.3, 0.4) is 0 Å². The van der Waals surface area contributed by atoms with Gasteiger partial charge in [-0.2, -0.15) is 8.78 Å². The highest BCUT2D eigenvalue weighted by atomic mass is 35.5. The first kappa shape index (κ1) is 20.6. The molecule has 0 aliphatic carbocycles. The minimum atomic E-state index is -2.85. The lowest BCUT2D eigenvalue weighted by atomic mass is 10.1. The molecule has 11 heteroatoms. The zero-order chi connectivity index (χ0) is 20.1. The Kier molecular flexibility index (Phi) is 6.93.